The van der Waals surface area contributed by atoms with Crippen molar-refractivity contribution in [3.8, 4) is 0 Å². The Morgan fingerprint density at radius 2 is 1.91 bits per heavy atom. The standard InChI is InChI=1S/C8H18N2O/c1-3-4-5-6-8(9,10)7(2)11/h3-6,9-10H2,1-2H3. The van der Waals surface area contributed by atoms with Crippen molar-refractivity contribution in [1.29, 1.82) is 0 Å². The summed E-state index contributed by atoms with van der Waals surface area (Å²) in [5.41, 5.74) is 9.97. The summed E-state index contributed by atoms with van der Waals surface area (Å²) in [5.74, 6) is -0.131. The quantitative estimate of drug-likeness (QED) is 0.458. The molecule has 0 aliphatic carbocycles. The van der Waals surface area contributed by atoms with Crippen LogP contribution in [0.15, 0.2) is 0 Å². The first-order valence-electron chi connectivity index (χ1n) is 4.09. The highest BCUT2D eigenvalue weighted by molar-refractivity contribution is 5.84. The van der Waals surface area contributed by atoms with E-state index in [1.165, 1.54) is 6.92 Å². The molecule has 0 aliphatic heterocycles. The van der Waals surface area contributed by atoms with Crippen molar-refractivity contribution in [2.75, 3.05) is 0 Å². The molecule has 0 heterocycles. The average Bonchev–Trinajstić information content (AvgIpc) is 1.88. The van der Waals surface area contributed by atoms with Crippen LogP contribution in [0, 0.1) is 0 Å². The minimum absolute atomic E-state index is 0.131. The van der Waals surface area contributed by atoms with Crippen molar-refractivity contribution in [2.45, 2.75) is 45.2 Å². The maximum Gasteiger partial charge on any atom is 0.163 e. The number of hydrogen-bond acceptors (Lipinski definition) is 3. The second-order valence-corrected chi connectivity index (χ2v) is 3.05. The molecule has 0 rings (SSSR count). The van der Waals surface area contributed by atoms with Gasteiger partial charge in [-0.15, -0.1) is 0 Å². The number of unbranched alkanes of at least 4 members (excludes halogenated alkanes) is 2. The number of hydrogen-bond donors (Lipinski definition) is 2. The number of ketones is 1. The van der Waals surface area contributed by atoms with Crippen LogP contribution in [0.5, 0.6) is 0 Å². The molecule has 0 aliphatic rings. The van der Waals surface area contributed by atoms with E-state index in [9.17, 15) is 4.79 Å². The van der Waals surface area contributed by atoms with Crippen LogP contribution >= 0.6 is 0 Å². The van der Waals surface area contributed by atoms with E-state index in [0.29, 0.717) is 6.42 Å². The SMILES string of the molecule is CCCCCC(N)(N)C(C)=O. The maximum atomic E-state index is 10.8. The van der Waals surface area contributed by atoms with Crippen molar-refractivity contribution in [3.63, 3.8) is 0 Å². The zero-order valence-electron chi connectivity index (χ0n) is 7.39. The normalized spacial score (nSPS) is 11.6. The van der Waals surface area contributed by atoms with E-state index >= 15 is 0 Å². The molecule has 0 aromatic carbocycles. The summed E-state index contributed by atoms with van der Waals surface area (Å²) in [6.45, 7) is 3.54. The summed E-state index contributed by atoms with van der Waals surface area (Å²) in [6, 6.07) is 0. The van der Waals surface area contributed by atoms with Gasteiger partial charge in [0.15, 0.2) is 5.78 Å². The largest absolute Gasteiger partial charge is 0.307 e. The first-order valence-corrected chi connectivity index (χ1v) is 4.09. The fraction of sp³-hybridized carbons (Fsp3) is 0.875. The van der Waals surface area contributed by atoms with E-state index < -0.39 is 5.66 Å². The fourth-order valence-corrected chi connectivity index (χ4v) is 0.844. The van der Waals surface area contributed by atoms with E-state index in [2.05, 4.69) is 6.92 Å². The predicted molar refractivity (Wildman–Crippen MR) is 45.9 cm³/mol. The van der Waals surface area contributed by atoms with Gasteiger partial charge in [0, 0.05) is 0 Å². The van der Waals surface area contributed by atoms with Gasteiger partial charge < -0.3 is 11.5 Å². The molecule has 0 saturated carbocycles. The summed E-state index contributed by atoms with van der Waals surface area (Å²) in [7, 11) is 0. The van der Waals surface area contributed by atoms with Crippen LogP contribution in [-0.2, 0) is 4.79 Å². The molecule has 3 heteroatoms. The first kappa shape index (κ1) is 10.6. The Kier molecular flexibility index (Phi) is 4.30. The summed E-state index contributed by atoms with van der Waals surface area (Å²) < 4.78 is 0. The number of carbonyl (C=O) groups excluding carboxylic acids is 1. The lowest BCUT2D eigenvalue weighted by atomic mass is 10.00. The monoisotopic (exact) mass is 158 g/mol. The van der Waals surface area contributed by atoms with Crippen molar-refractivity contribution < 1.29 is 4.79 Å². The Morgan fingerprint density at radius 3 is 2.27 bits per heavy atom. The van der Waals surface area contributed by atoms with Gasteiger partial charge in [-0.05, 0) is 19.8 Å². The molecule has 0 fully saturated rings. The van der Waals surface area contributed by atoms with Crippen molar-refractivity contribution in [2.24, 2.45) is 11.5 Å². The van der Waals surface area contributed by atoms with E-state index in [1.54, 1.807) is 0 Å². The Morgan fingerprint density at radius 1 is 1.36 bits per heavy atom. The molecule has 0 bridgehead atoms. The molecule has 0 unspecified atom stereocenters. The van der Waals surface area contributed by atoms with E-state index in [1.807, 2.05) is 0 Å². The Hall–Kier alpha value is -0.410. The molecule has 11 heavy (non-hydrogen) atoms. The topological polar surface area (TPSA) is 69.1 Å². The van der Waals surface area contributed by atoms with Crippen LogP contribution in [0.3, 0.4) is 0 Å². The van der Waals surface area contributed by atoms with E-state index in [-0.39, 0.29) is 5.78 Å². The van der Waals surface area contributed by atoms with Crippen molar-refractivity contribution in [3.05, 3.63) is 0 Å². The van der Waals surface area contributed by atoms with Gasteiger partial charge >= 0.3 is 0 Å². The fourth-order valence-electron chi connectivity index (χ4n) is 0.844. The lowest BCUT2D eigenvalue weighted by Gasteiger charge is -2.20. The van der Waals surface area contributed by atoms with Gasteiger partial charge in [0.25, 0.3) is 0 Å². The lowest BCUT2D eigenvalue weighted by molar-refractivity contribution is -0.122. The summed E-state index contributed by atoms with van der Waals surface area (Å²) in [6.07, 6.45) is 3.73. The van der Waals surface area contributed by atoms with Gasteiger partial charge in [0.2, 0.25) is 0 Å². The van der Waals surface area contributed by atoms with Crippen LogP contribution in [0.2, 0.25) is 0 Å². The molecule has 0 atom stereocenters. The number of rotatable bonds is 5. The number of Topliss-reactive ketones (excluding diaryl/α,β-unsaturated/α-hetero) is 1. The minimum Gasteiger partial charge on any atom is -0.307 e. The van der Waals surface area contributed by atoms with Crippen LogP contribution in [-0.4, -0.2) is 11.4 Å². The third-order valence-corrected chi connectivity index (χ3v) is 1.85. The van der Waals surface area contributed by atoms with E-state index in [0.717, 1.165) is 19.3 Å². The molecule has 0 aromatic rings. The number of nitrogens with two attached hydrogens (primary N) is 2. The van der Waals surface area contributed by atoms with Gasteiger partial charge in [0.05, 0.1) is 0 Å². The smallest absolute Gasteiger partial charge is 0.163 e. The Labute approximate surface area is 68.1 Å². The molecule has 0 saturated heterocycles. The Balaban J connectivity index is 3.64. The average molecular weight is 158 g/mol. The molecular formula is C8H18N2O. The van der Waals surface area contributed by atoms with Crippen LogP contribution in [0.1, 0.15) is 39.5 Å². The lowest BCUT2D eigenvalue weighted by Crippen LogP contribution is -2.55. The molecule has 0 radical (unpaired) electrons. The Bertz CT molecular complexity index is 132. The highest BCUT2D eigenvalue weighted by Gasteiger charge is 2.23. The van der Waals surface area contributed by atoms with Crippen LogP contribution in [0.4, 0.5) is 0 Å². The van der Waals surface area contributed by atoms with Gasteiger partial charge in [-0.2, -0.15) is 0 Å². The second kappa shape index (κ2) is 4.46. The van der Waals surface area contributed by atoms with Gasteiger partial charge in [-0.25, -0.2) is 0 Å². The van der Waals surface area contributed by atoms with Crippen molar-refractivity contribution in [1.82, 2.24) is 0 Å². The molecule has 0 aromatic heterocycles. The number of carbonyl (C=O) groups is 1. The second-order valence-electron chi connectivity index (χ2n) is 3.05. The van der Waals surface area contributed by atoms with Crippen LogP contribution < -0.4 is 11.5 Å². The van der Waals surface area contributed by atoms with E-state index in [4.69, 9.17) is 11.5 Å². The predicted octanol–water partition coefficient (Wildman–Crippen LogP) is 0.769. The van der Waals surface area contributed by atoms with Crippen molar-refractivity contribution >= 4 is 5.78 Å². The first-order chi connectivity index (χ1) is 5.00. The molecule has 0 spiro atoms. The zero-order valence-corrected chi connectivity index (χ0v) is 7.39. The molecule has 66 valence electrons. The highest BCUT2D eigenvalue weighted by Crippen LogP contribution is 2.07. The van der Waals surface area contributed by atoms with Gasteiger partial charge in [0.1, 0.15) is 5.66 Å². The molecule has 0 amide bonds. The molecule has 4 N–H and O–H groups in total. The maximum absolute atomic E-state index is 10.8. The summed E-state index contributed by atoms with van der Waals surface area (Å²) >= 11 is 0. The summed E-state index contributed by atoms with van der Waals surface area (Å²) in [4.78, 5) is 10.8. The van der Waals surface area contributed by atoms with Gasteiger partial charge in [-0.3, -0.25) is 4.79 Å². The third kappa shape index (κ3) is 4.11. The molecule has 3 nitrogen and oxygen atoms in total. The van der Waals surface area contributed by atoms with Gasteiger partial charge in [-0.1, -0.05) is 19.8 Å². The van der Waals surface area contributed by atoms with Crippen LogP contribution in [0.25, 0.3) is 0 Å². The highest BCUT2D eigenvalue weighted by atomic mass is 16.1. The molecular weight excluding hydrogens is 140 g/mol. The minimum atomic E-state index is -1.09. The summed E-state index contributed by atoms with van der Waals surface area (Å²) in [5, 5.41) is 0. The third-order valence-electron chi connectivity index (χ3n) is 1.85. The zero-order chi connectivity index (χ0) is 8.91.